The summed E-state index contributed by atoms with van der Waals surface area (Å²) in [7, 11) is -4.06. The molecule has 0 saturated carbocycles. The Morgan fingerprint density at radius 3 is 2.56 bits per heavy atom. The maximum atomic E-state index is 14.3. The van der Waals surface area contributed by atoms with Gasteiger partial charge in [0, 0.05) is 11.4 Å². The molecule has 34 heavy (non-hydrogen) atoms. The lowest BCUT2D eigenvalue weighted by Gasteiger charge is -2.12. The molecule has 12 heteroatoms. The number of sulfonamides is 1. The Bertz CT molecular complexity index is 1340. The van der Waals surface area contributed by atoms with Gasteiger partial charge in [-0.15, -0.1) is 6.42 Å². The third-order valence-corrected chi connectivity index (χ3v) is 6.49. The molecule has 0 atom stereocenters. The number of hydrogen-bond acceptors (Lipinski definition) is 8. The van der Waals surface area contributed by atoms with E-state index in [-0.39, 0.29) is 27.7 Å². The van der Waals surface area contributed by atoms with E-state index in [1.54, 1.807) is 65.9 Å². The standard InChI is InChI=1S/C22H19FIN5O4S/c1-3-10-33-17-8-6-15(7-9-17)26-21-18(23)13-25-22(28-21)27-16-5-4-14(2)19(11-16)34(31,32)29-20(30)12-24/h1,4-9,11,13H,10,12H2,2H3,(H,29,30)(H2,25,26,27,28). The molecule has 0 aliphatic heterocycles. The maximum absolute atomic E-state index is 14.3. The van der Waals surface area contributed by atoms with E-state index < -0.39 is 21.7 Å². The molecule has 0 radical (unpaired) electrons. The quantitative estimate of drug-likeness (QED) is 0.195. The Morgan fingerprint density at radius 2 is 1.88 bits per heavy atom. The lowest BCUT2D eigenvalue weighted by Crippen LogP contribution is -2.31. The van der Waals surface area contributed by atoms with Crippen molar-refractivity contribution in [2.24, 2.45) is 0 Å². The van der Waals surface area contributed by atoms with Gasteiger partial charge in [0.05, 0.1) is 15.5 Å². The van der Waals surface area contributed by atoms with Crippen LogP contribution in [0.2, 0.25) is 0 Å². The summed E-state index contributed by atoms with van der Waals surface area (Å²) in [6.45, 7) is 1.74. The van der Waals surface area contributed by atoms with Gasteiger partial charge < -0.3 is 15.4 Å². The van der Waals surface area contributed by atoms with Gasteiger partial charge in [0.2, 0.25) is 11.9 Å². The number of nitrogens with one attached hydrogen (secondary N) is 3. The van der Waals surface area contributed by atoms with E-state index in [0.29, 0.717) is 22.7 Å². The summed E-state index contributed by atoms with van der Waals surface area (Å²) < 4.78 is 46.7. The Labute approximate surface area is 209 Å². The van der Waals surface area contributed by atoms with Crippen LogP contribution >= 0.6 is 22.6 Å². The largest absolute Gasteiger partial charge is 0.481 e. The van der Waals surface area contributed by atoms with Crippen molar-refractivity contribution in [1.82, 2.24) is 14.7 Å². The van der Waals surface area contributed by atoms with Gasteiger partial charge in [0.15, 0.2) is 11.6 Å². The highest BCUT2D eigenvalue weighted by atomic mass is 127. The van der Waals surface area contributed by atoms with Crippen molar-refractivity contribution in [2.45, 2.75) is 11.8 Å². The molecule has 0 aliphatic carbocycles. The minimum atomic E-state index is -4.06. The normalized spacial score (nSPS) is 10.8. The number of carbonyl (C=O) groups is 1. The van der Waals surface area contributed by atoms with E-state index in [1.807, 2.05) is 4.72 Å². The number of aryl methyl sites for hydroxylation is 1. The average Bonchev–Trinajstić information content (AvgIpc) is 2.81. The molecule has 9 nitrogen and oxygen atoms in total. The summed E-state index contributed by atoms with van der Waals surface area (Å²) in [4.78, 5) is 19.5. The minimum absolute atomic E-state index is 0.00612. The lowest BCUT2D eigenvalue weighted by molar-refractivity contribution is -0.116. The van der Waals surface area contributed by atoms with Crippen LogP contribution in [0.1, 0.15) is 5.56 Å². The molecule has 0 unspecified atom stereocenters. The SMILES string of the molecule is C#CCOc1ccc(Nc2nc(Nc3ccc(C)c(S(=O)(=O)NC(=O)CI)c3)ncc2F)cc1. The summed E-state index contributed by atoms with van der Waals surface area (Å²) in [5.74, 6) is 1.54. The zero-order chi connectivity index (χ0) is 24.7. The fourth-order valence-electron chi connectivity index (χ4n) is 2.74. The van der Waals surface area contributed by atoms with E-state index in [2.05, 4.69) is 26.5 Å². The third-order valence-electron chi connectivity index (χ3n) is 4.29. The summed E-state index contributed by atoms with van der Waals surface area (Å²) in [5, 5.41) is 5.70. The molecule has 0 spiro atoms. The topological polar surface area (TPSA) is 122 Å². The van der Waals surface area contributed by atoms with Gasteiger partial charge in [0.25, 0.3) is 10.0 Å². The highest BCUT2D eigenvalue weighted by Crippen LogP contribution is 2.25. The van der Waals surface area contributed by atoms with Gasteiger partial charge in [-0.3, -0.25) is 4.79 Å². The molecule has 3 N–H and O–H groups in total. The fourth-order valence-corrected chi connectivity index (χ4v) is 4.45. The van der Waals surface area contributed by atoms with E-state index in [4.69, 9.17) is 11.2 Å². The molecule has 0 saturated heterocycles. The van der Waals surface area contributed by atoms with Crippen molar-refractivity contribution in [3.63, 3.8) is 0 Å². The van der Waals surface area contributed by atoms with Crippen molar-refractivity contribution in [3.05, 3.63) is 60.0 Å². The van der Waals surface area contributed by atoms with Crippen LogP contribution in [0, 0.1) is 25.1 Å². The number of anilines is 4. The van der Waals surface area contributed by atoms with Crippen LogP contribution in [0.3, 0.4) is 0 Å². The summed E-state index contributed by atoms with van der Waals surface area (Å²) >= 11 is 1.77. The third kappa shape index (κ3) is 6.55. The monoisotopic (exact) mass is 595 g/mol. The highest BCUT2D eigenvalue weighted by Gasteiger charge is 2.20. The van der Waals surface area contributed by atoms with Crippen molar-refractivity contribution in [3.8, 4) is 18.1 Å². The molecule has 0 bridgehead atoms. The second kappa shape index (κ2) is 11.1. The molecule has 2 aromatic carbocycles. The van der Waals surface area contributed by atoms with Crippen LogP contribution in [-0.2, 0) is 14.8 Å². The number of terminal acetylenes is 1. The molecule has 1 heterocycles. The first-order valence-corrected chi connectivity index (χ1v) is 12.7. The number of carbonyl (C=O) groups excluding carboxylic acids is 1. The fraction of sp³-hybridized carbons (Fsp3) is 0.136. The van der Waals surface area contributed by atoms with Gasteiger partial charge in [-0.25, -0.2) is 22.5 Å². The Morgan fingerprint density at radius 1 is 1.18 bits per heavy atom. The first-order chi connectivity index (χ1) is 16.2. The Balaban J connectivity index is 1.80. The number of aromatic nitrogens is 2. The molecular weight excluding hydrogens is 576 g/mol. The van der Waals surface area contributed by atoms with Crippen molar-refractivity contribution in [2.75, 3.05) is 21.7 Å². The van der Waals surface area contributed by atoms with E-state index in [0.717, 1.165) is 6.20 Å². The van der Waals surface area contributed by atoms with E-state index >= 15 is 0 Å². The molecule has 3 aromatic rings. The van der Waals surface area contributed by atoms with Gasteiger partial charge >= 0.3 is 0 Å². The summed E-state index contributed by atoms with van der Waals surface area (Å²) in [6.07, 6.45) is 6.14. The zero-order valence-corrected chi connectivity index (χ0v) is 20.8. The zero-order valence-electron chi connectivity index (χ0n) is 17.8. The molecule has 1 amide bonds. The first kappa shape index (κ1) is 25.2. The summed E-state index contributed by atoms with van der Waals surface area (Å²) in [6, 6.07) is 11.2. The molecular formula is C22H19FIN5O4S. The van der Waals surface area contributed by atoms with E-state index in [1.165, 1.54) is 6.07 Å². The van der Waals surface area contributed by atoms with E-state index in [9.17, 15) is 17.6 Å². The average molecular weight is 595 g/mol. The molecule has 0 aliphatic rings. The minimum Gasteiger partial charge on any atom is -0.481 e. The first-order valence-electron chi connectivity index (χ1n) is 9.67. The molecule has 176 valence electrons. The Hall–Kier alpha value is -3.44. The lowest BCUT2D eigenvalue weighted by atomic mass is 10.2. The van der Waals surface area contributed by atoms with Crippen LogP contribution in [0.15, 0.2) is 53.6 Å². The van der Waals surface area contributed by atoms with Crippen molar-refractivity contribution < 1.29 is 22.3 Å². The van der Waals surface area contributed by atoms with Gasteiger partial charge in [0.1, 0.15) is 12.4 Å². The number of ether oxygens (including phenoxy) is 1. The number of nitrogens with zero attached hydrogens (tertiary/aromatic N) is 2. The van der Waals surface area contributed by atoms with Crippen LogP contribution in [0.5, 0.6) is 5.75 Å². The van der Waals surface area contributed by atoms with Crippen LogP contribution in [-0.4, -0.2) is 35.3 Å². The number of alkyl halides is 1. The second-order valence-corrected chi connectivity index (χ2v) is 9.21. The molecule has 3 rings (SSSR count). The number of amides is 1. The smallest absolute Gasteiger partial charge is 0.264 e. The highest BCUT2D eigenvalue weighted by molar-refractivity contribution is 14.1. The van der Waals surface area contributed by atoms with Crippen molar-refractivity contribution in [1.29, 1.82) is 0 Å². The predicted octanol–water partition coefficient (Wildman–Crippen LogP) is 3.66. The second-order valence-electron chi connectivity index (χ2n) is 6.80. The Kier molecular flexibility index (Phi) is 8.24. The predicted molar refractivity (Wildman–Crippen MR) is 135 cm³/mol. The van der Waals surface area contributed by atoms with Crippen molar-refractivity contribution >= 4 is 61.7 Å². The molecule has 0 fully saturated rings. The van der Waals surface area contributed by atoms with Gasteiger partial charge in [-0.05, 0) is 48.9 Å². The van der Waals surface area contributed by atoms with Gasteiger partial charge in [-0.2, -0.15) is 4.98 Å². The van der Waals surface area contributed by atoms with Gasteiger partial charge in [-0.1, -0.05) is 34.6 Å². The van der Waals surface area contributed by atoms with Crippen LogP contribution in [0.25, 0.3) is 0 Å². The maximum Gasteiger partial charge on any atom is 0.264 e. The number of hydrogen-bond donors (Lipinski definition) is 3. The van der Waals surface area contributed by atoms with Crippen LogP contribution < -0.4 is 20.1 Å². The number of halogens is 2. The molecule has 1 aromatic heterocycles. The number of rotatable bonds is 9. The van der Waals surface area contributed by atoms with Crippen LogP contribution in [0.4, 0.5) is 27.5 Å². The number of benzene rings is 2. The summed E-state index contributed by atoms with van der Waals surface area (Å²) in [5.41, 5.74) is 1.32.